The zero-order chi connectivity index (χ0) is 13.3. The van der Waals surface area contributed by atoms with E-state index in [-0.39, 0.29) is 21.7 Å². The maximum Gasteiger partial charge on any atom is 0.161 e. The molecule has 5 heteroatoms. The molecular weight excluding hydrogens is 265 g/mol. The Morgan fingerprint density at radius 3 is 2.22 bits per heavy atom. The van der Waals surface area contributed by atoms with Crippen molar-refractivity contribution in [2.75, 3.05) is 0 Å². The fourth-order valence-corrected chi connectivity index (χ4v) is 1.77. The molecule has 0 N–H and O–H groups in total. The van der Waals surface area contributed by atoms with Gasteiger partial charge >= 0.3 is 0 Å². The van der Waals surface area contributed by atoms with Crippen LogP contribution in [0.25, 0.3) is 11.1 Å². The molecule has 2 rings (SSSR count). The molecule has 2 aromatic carbocycles. The minimum absolute atomic E-state index is 0.119. The normalized spacial score (nSPS) is 10.4. The smallest absolute Gasteiger partial charge is 0.161 e. The van der Waals surface area contributed by atoms with Gasteiger partial charge in [0.2, 0.25) is 0 Å². The Morgan fingerprint density at radius 1 is 0.889 bits per heavy atom. The van der Waals surface area contributed by atoms with Gasteiger partial charge in [-0.15, -0.1) is 0 Å². The van der Waals surface area contributed by atoms with Crippen LogP contribution >= 0.6 is 11.6 Å². The summed E-state index contributed by atoms with van der Waals surface area (Å²) in [5.41, 5.74) is 0.0525. The standard InChI is InChI=1S/C13H6ClF3O/c14-8-2-1-7(6-18)9(3-8)10-4-12(16)13(17)5-11(10)15/h1-6H. The van der Waals surface area contributed by atoms with Gasteiger partial charge in [-0.25, -0.2) is 13.2 Å². The third-order valence-corrected chi connectivity index (χ3v) is 2.68. The van der Waals surface area contributed by atoms with E-state index in [2.05, 4.69) is 0 Å². The second-order valence-electron chi connectivity index (χ2n) is 3.60. The topological polar surface area (TPSA) is 17.1 Å². The molecule has 18 heavy (non-hydrogen) atoms. The Kier molecular flexibility index (Phi) is 3.39. The molecule has 0 saturated heterocycles. The van der Waals surface area contributed by atoms with E-state index in [1.54, 1.807) is 0 Å². The predicted octanol–water partition coefficient (Wildman–Crippen LogP) is 4.24. The van der Waals surface area contributed by atoms with Crippen molar-refractivity contribution in [2.45, 2.75) is 0 Å². The minimum atomic E-state index is -1.29. The van der Waals surface area contributed by atoms with Crippen molar-refractivity contribution in [3.8, 4) is 11.1 Å². The van der Waals surface area contributed by atoms with E-state index >= 15 is 0 Å². The Bertz CT molecular complexity index is 626. The second kappa shape index (κ2) is 4.82. The van der Waals surface area contributed by atoms with Gasteiger partial charge in [0.05, 0.1) is 0 Å². The van der Waals surface area contributed by atoms with E-state index in [0.717, 1.165) is 0 Å². The molecule has 0 spiro atoms. The van der Waals surface area contributed by atoms with Crippen LogP contribution in [0.5, 0.6) is 0 Å². The summed E-state index contributed by atoms with van der Waals surface area (Å²) in [7, 11) is 0. The van der Waals surface area contributed by atoms with E-state index in [9.17, 15) is 18.0 Å². The van der Waals surface area contributed by atoms with Crippen LogP contribution in [0, 0.1) is 17.5 Å². The third kappa shape index (κ3) is 2.24. The van der Waals surface area contributed by atoms with Gasteiger partial charge in [-0.1, -0.05) is 11.6 Å². The molecule has 0 bridgehead atoms. The van der Waals surface area contributed by atoms with Gasteiger partial charge in [-0.2, -0.15) is 0 Å². The maximum atomic E-state index is 13.6. The lowest BCUT2D eigenvalue weighted by molar-refractivity contribution is 0.112. The monoisotopic (exact) mass is 270 g/mol. The number of halogens is 4. The molecule has 0 aliphatic carbocycles. The molecule has 0 aliphatic rings. The predicted molar refractivity (Wildman–Crippen MR) is 62.1 cm³/mol. The first-order valence-corrected chi connectivity index (χ1v) is 5.30. The van der Waals surface area contributed by atoms with Crippen LogP contribution in [-0.4, -0.2) is 6.29 Å². The lowest BCUT2D eigenvalue weighted by Crippen LogP contribution is -1.94. The molecule has 0 atom stereocenters. The molecule has 0 saturated carbocycles. The first kappa shape index (κ1) is 12.6. The van der Waals surface area contributed by atoms with E-state index < -0.39 is 17.5 Å². The first-order chi connectivity index (χ1) is 8.52. The highest BCUT2D eigenvalue weighted by Crippen LogP contribution is 2.29. The number of carbonyl (C=O) groups excluding carboxylic acids is 1. The van der Waals surface area contributed by atoms with Crippen molar-refractivity contribution in [3.63, 3.8) is 0 Å². The first-order valence-electron chi connectivity index (χ1n) is 4.92. The van der Waals surface area contributed by atoms with E-state index in [1.165, 1.54) is 18.2 Å². The minimum Gasteiger partial charge on any atom is -0.298 e. The highest BCUT2D eigenvalue weighted by Gasteiger charge is 2.14. The third-order valence-electron chi connectivity index (χ3n) is 2.44. The summed E-state index contributed by atoms with van der Waals surface area (Å²) in [4.78, 5) is 10.8. The van der Waals surface area contributed by atoms with Crippen LogP contribution in [0.15, 0.2) is 30.3 Å². The number of carbonyl (C=O) groups is 1. The number of hydrogen-bond acceptors (Lipinski definition) is 1. The molecule has 92 valence electrons. The summed E-state index contributed by atoms with van der Waals surface area (Å²) < 4.78 is 39.5. The van der Waals surface area contributed by atoms with Crippen LogP contribution in [-0.2, 0) is 0 Å². The molecule has 1 nitrogen and oxygen atoms in total. The molecule has 2 aromatic rings. The van der Waals surface area contributed by atoms with Gasteiger partial charge in [0.15, 0.2) is 17.9 Å². The van der Waals surface area contributed by atoms with E-state index in [0.29, 0.717) is 18.4 Å². The zero-order valence-corrected chi connectivity index (χ0v) is 9.64. The highest BCUT2D eigenvalue weighted by atomic mass is 35.5. The summed E-state index contributed by atoms with van der Waals surface area (Å²) in [5, 5.41) is 0.264. The second-order valence-corrected chi connectivity index (χ2v) is 4.03. The highest BCUT2D eigenvalue weighted by molar-refractivity contribution is 6.31. The fraction of sp³-hybridized carbons (Fsp3) is 0. The van der Waals surface area contributed by atoms with Crippen LogP contribution in [0.1, 0.15) is 10.4 Å². The summed E-state index contributed by atoms with van der Waals surface area (Å²) in [6.07, 6.45) is 0.492. The number of aldehydes is 1. The molecule has 0 unspecified atom stereocenters. The Balaban J connectivity index is 2.72. The summed E-state index contributed by atoms with van der Waals surface area (Å²) >= 11 is 5.74. The molecule has 0 heterocycles. The van der Waals surface area contributed by atoms with Gasteiger partial charge in [0, 0.05) is 22.2 Å². The van der Waals surface area contributed by atoms with Crippen molar-refractivity contribution in [2.24, 2.45) is 0 Å². The van der Waals surface area contributed by atoms with Gasteiger partial charge in [-0.3, -0.25) is 4.79 Å². The van der Waals surface area contributed by atoms with Crippen molar-refractivity contribution in [1.29, 1.82) is 0 Å². The molecule has 0 aromatic heterocycles. The summed E-state index contributed by atoms with van der Waals surface area (Å²) in [5.74, 6) is -3.44. The maximum absolute atomic E-state index is 13.6. The Hall–Kier alpha value is -1.81. The van der Waals surface area contributed by atoms with Crippen molar-refractivity contribution < 1.29 is 18.0 Å². The molecule has 0 radical (unpaired) electrons. The summed E-state index contributed by atoms with van der Waals surface area (Å²) in [6.45, 7) is 0. The van der Waals surface area contributed by atoms with Gasteiger partial charge < -0.3 is 0 Å². The van der Waals surface area contributed by atoms with E-state index in [4.69, 9.17) is 11.6 Å². The van der Waals surface area contributed by atoms with Gasteiger partial charge in [-0.05, 0) is 29.8 Å². The summed E-state index contributed by atoms with van der Waals surface area (Å²) in [6, 6.07) is 5.28. The molecule has 0 aliphatic heterocycles. The average molecular weight is 271 g/mol. The SMILES string of the molecule is O=Cc1ccc(Cl)cc1-c1cc(F)c(F)cc1F. The zero-order valence-electron chi connectivity index (χ0n) is 8.88. The lowest BCUT2D eigenvalue weighted by atomic mass is 9.99. The van der Waals surface area contributed by atoms with Crippen LogP contribution in [0.2, 0.25) is 5.02 Å². The quantitative estimate of drug-likeness (QED) is 0.589. The fourth-order valence-electron chi connectivity index (χ4n) is 1.59. The van der Waals surface area contributed by atoms with Crippen molar-refractivity contribution in [1.82, 2.24) is 0 Å². The largest absolute Gasteiger partial charge is 0.298 e. The molecular formula is C13H6ClF3O. The Labute approximate surface area is 106 Å². The van der Waals surface area contributed by atoms with E-state index in [1.807, 2.05) is 0 Å². The van der Waals surface area contributed by atoms with Crippen LogP contribution < -0.4 is 0 Å². The Morgan fingerprint density at radius 2 is 1.56 bits per heavy atom. The number of hydrogen-bond donors (Lipinski definition) is 0. The van der Waals surface area contributed by atoms with Gasteiger partial charge in [0.1, 0.15) is 5.82 Å². The number of benzene rings is 2. The van der Waals surface area contributed by atoms with Gasteiger partial charge in [0.25, 0.3) is 0 Å². The molecule has 0 amide bonds. The molecule has 0 fully saturated rings. The van der Waals surface area contributed by atoms with Crippen LogP contribution in [0.4, 0.5) is 13.2 Å². The number of rotatable bonds is 2. The lowest BCUT2D eigenvalue weighted by Gasteiger charge is -2.07. The average Bonchev–Trinajstić information content (AvgIpc) is 2.34. The van der Waals surface area contributed by atoms with Crippen molar-refractivity contribution in [3.05, 3.63) is 58.4 Å². The van der Waals surface area contributed by atoms with Crippen molar-refractivity contribution >= 4 is 17.9 Å². The van der Waals surface area contributed by atoms with Crippen LogP contribution in [0.3, 0.4) is 0 Å².